The van der Waals surface area contributed by atoms with Crippen LogP contribution in [0, 0.1) is 0 Å². The normalized spacial score (nSPS) is 10.9. The Morgan fingerprint density at radius 3 is 2.15 bits per heavy atom. The van der Waals surface area contributed by atoms with E-state index in [4.69, 9.17) is 11.6 Å². The third-order valence-corrected chi connectivity index (χ3v) is 4.83. The van der Waals surface area contributed by atoms with Crippen LogP contribution < -0.4 is 9.73 Å². The first-order chi connectivity index (χ1) is 12.2. The molecule has 6 nitrogen and oxygen atoms in total. The molecule has 1 amide bonds. The number of rotatable bonds is 6. The Kier molecular flexibility index (Phi) is 6.39. The number of benzene rings is 2. The van der Waals surface area contributed by atoms with Crippen LogP contribution >= 0.6 is 11.6 Å². The highest BCUT2D eigenvalue weighted by molar-refractivity contribution is 7.92. The molecule has 0 atom stereocenters. The summed E-state index contributed by atoms with van der Waals surface area (Å²) in [6.07, 6.45) is 1.14. The number of amides is 1. The number of sulfonamides is 1. The number of hydrazone groups is 1. The van der Waals surface area contributed by atoms with Crippen molar-refractivity contribution in [3.05, 3.63) is 64.7 Å². The van der Waals surface area contributed by atoms with Gasteiger partial charge in [-0.1, -0.05) is 23.7 Å². The van der Waals surface area contributed by atoms with E-state index in [-0.39, 0.29) is 12.5 Å². The van der Waals surface area contributed by atoms with Crippen LogP contribution in [0.2, 0.25) is 5.02 Å². The Morgan fingerprint density at radius 2 is 1.65 bits per heavy atom. The monoisotopic (exact) mass is 393 g/mol. The zero-order valence-corrected chi connectivity index (χ0v) is 16.3. The second-order valence-corrected chi connectivity index (χ2v) is 8.29. The summed E-state index contributed by atoms with van der Waals surface area (Å²) in [6.45, 7) is 3.70. The summed E-state index contributed by atoms with van der Waals surface area (Å²) in [7, 11) is -3.50. The number of halogens is 1. The van der Waals surface area contributed by atoms with Crippen LogP contribution in [0.5, 0.6) is 0 Å². The van der Waals surface area contributed by atoms with E-state index in [0.717, 1.165) is 17.5 Å². The summed E-state index contributed by atoms with van der Waals surface area (Å²) < 4.78 is 25.7. The van der Waals surface area contributed by atoms with Gasteiger partial charge in [-0.2, -0.15) is 5.10 Å². The molecule has 0 saturated carbocycles. The van der Waals surface area contributed by atoms with Crippen LogP contribution in [-0.4, -0.2) is 26.3 Å². The Bertz CT molecular complexity index is 904. The minimum atomic E-state index is -3.50. The van der Waals surface area contributed by atoms with Crippen LogP contribution in [0.25, 0.3) is 0 Å². The van der Waals surface area contributed by atoms with E-state index in [1.807, 2.05) is 0 Å². The molecule has 0 fully saturated rings. The van der Waals surface area contributed by atoms with Crippen molar-refractivity contribution >= 4 is 38.9 Å². The molecule has 0 aliphatic carbocycles. The number of carbonyl (C=O) groups is 1. The van der Waals surface area contributed by atoms with Gasteiger partial charge < -0.3 is 0 Å². The molecular formula is C18H20ClN3O3S. The maximum Gasteiger partial charge on any atom is 0.271 e. The second kappa shape index (κ2) is 8.33. The smallest absolute Gasteiger partial charge is 0.267 e. The minimum Gasteiger partial charge on any atom is -0.267 e. The van der Waals surface area contributed by atoms with Gasteiger partial charge >= 0.3 is 0 Å². The van der Waals surface area contributed by atoms with Gasteiger partial charge in [-0.3, -0.25) is 9.10 Å². The predicted molar refractivity (Wildman–Crippen MR) is 105 cm³/mol. The van der Waals surface area contributed by atoms with Crippen molar-refractivity contribution < 1.29 is 13.2 Å². The van der Waals surface area contributed by atoms with Gasteiger partial charge in [-0.05, 0) is 55.8 Å². The van der Waals surface area contributed by atoms with Gasteiger partial charge in [-0.25, -0.2) is 13.8 Å². The van der Waals surface area contributed by atoms with Gasteiger partial charge in [0, 0.05) is 16.3 Å². The predicted octanol–water partition coefficient (Wildman–Crippen LogP) is 3.43. The Balaban J connectivity index is 2.25. The van der Waals surface area contributed by atoms with Crippen molar-refractivity contribution in [2.45, 2.75) is 20.4 Å². The summed E-state index contributed by atoms with van der Waals surface area (Å²) in [6, 6.07) is 13.3. The van der Waals surface area contributed by atoms with Gasteiger partial charge in [0.2, 0.25) is 10.0 Å². The zero-order chi connectivity index (χ0) is 19.3. The molecular weight excluding hydrogens is 374 g/mol. The lowest BCUT2D eigenvalue weighted by atomic mass is 10.2. The van der Waals surface area contributed by atoms with Crippen molar-refractivity contribution in [3.8, 4) is 0 Å². The molecule has 0 radical (unpaired) electrons. The molecule has 0 unspecified atom stereocenters. The number of nitrogens with zero attached hydrogens (tertiary/aromatic N) is 2. The zero-order valence-electron chi connectivity index (χ0n) is 14.7. The average Bonchev–Trinajstić information content (AvgIpc) is 2.58. The van der Waals surface area contributed by atoms with Crippen molar-refractivity contribution in [2.75, 3.05) is 10.6 Å². The fraction of sp³-hybridized carbons (Fsp3) is 0.222. The van der Waals surface area contributed by atoms with E-state index >= 15 is 0 Å². The minimum absolute atomic E-state index is 0.168. The molecule has 0 aliphatic rings. The summed E-state index contributed by atoms with van der Waals surface area (Å²) in [5.74, 6) is -0.360. The molecule has 138 valence electrons. The SMILES string of the molecule is CC(C)=NNC(=O)c1ccc(N(Cc2ccc(Cl)cc2)S(C)(=O)=O)cc1. The van der Waals surface area contributed by atoms with Gasteiger partial charge in [0.25, 0.3) is 5.91 Å². The summed E-state index contributed by atoms with van der Waals surface area (Å²) in [5, 5.41) is 4.44. The lowest BCUT2D eigenvalue weighted by molar-refractivity contribution is 0.0954. The number of anilines is 1. The topological polar surface area (TPSA) is 78.8 Å². The third-order valence-electron chi connectivity index (χ3n) is 3.44. The summed E-state index contributed by atoms with van der Waals surface area (Å²) >= 11 is 5.87. The molecule has 2 rings (SSSR count). The van der Waals surface area contributed by atoms with Crippen LogP contribution in [0.3, 0.4) is 0 Å². The second-order valence-electron chi connectivity index (χ2n) is 5.94. The Morgan fingerprint density at radius 1 is 1.08 bits per heavy atom. The summed E-state index contributed by atoms with van der Waals surface area (Å²) in [5.41, 5.74) is 4.81. The van der Waals surface area contributed by atoms with E-state index in [1.165, 1.54) is 4.31 Å². The molecule has 0 bridgehead atoms. The first kappa shape index (κ1) is 19.9. The molecule has 26 heavy (non-hydrogen) atoms. The van der Waals surface area contributed by atoms with Crippen LogP contribution in [0.15, 0.2) is 53.6 Å². The molecule has 1 N–H and O–H groups in total. The lowest BCUT2D eigenvalue weighted by Crippen LogP contribution is -2.29. The molecule has 0 spiro atoms. The fourth-order valence-electron chi connectivity index (χ4n) is 2.16. The molecule has 0 aliphatic heterocycles. The number of carbonyl (C=O) groups excluding carboxylic acids is 1. The Labute approximate surface area is 158 Å². The van der Waals surface area contributed by atoms with Crippen LogP contribution in [0.4, 0.5) is 5.69 Å². The van der Waals surface area contributed by atoms with E-state index in [9.17, 15) is 13.2 Å². The first-order valence-electron chi connectivity index (χ1n) is 7.80. The fourth-order valence-corrected chi connectivity index (χ4v) is 3.18. The lowest BCUT2D eigenvalue weighted by Gasteiger charge is -2.22. The average molecular weight is 394 g/mol. The number of hydrogen-bond donors (Lipinski definition) is 1. The van der Waals surface area contributed by atoms with E-state index in [1.54, 1.807) is 62.4 Å². The van der Waals surface area contributed by atoms with Gasteiger partial charge in [0.05, 0.1) is 18.5 Å². The number of nitrogens with one attached hydrogen (secondary N) is 1. The third kappa shape index (κ3) is 5.57. The van der Waals surface area contributed by atoms with Gasteiger partial charge in [0.1, 0.15) is 0 Å². The highest BCUT2D eigenvalue weighted by Crippen LogP contribution is 2.22. The standard InChI is InChI=1S/C18H20ClN3O3S/c1-13(2)20-21-18(23)15-6-10-17(11-7-15)22(26(3,24)25)12-14-4-8-16(19)9-5-14/h4-11H,12H2,1-3H3,(H,21,23). The maximum absolute atomic E-state index is 12.2. The van der Waals surface area contributed by atoms with Gasteiger partial charge in [0.15, 0.2) is 0 Å². The quantitative estimate of drug-likeness (QED) is 0.603. The molecule has 8 heteroatoms. The highest BCUT2D eigenvalue weighted by atomic mass is 35.5. The molecule has 2 aromatic carbocycles. The van der Waals surface area contributed by atoms with Crippen molar-refractivity contribution in [1.29, 1.82) is 0 Å². The van der Waals surface area contributed by atoms with Gasteiger partial charge in [-0.15, -0.1) is 0 Å². The Hall–Kier alpha value is -2.38. The van der Waals surface area contributed by atoms with Crippen LogP contribution in [0.1, 0.15) is 29.8 Å². The molecule has 0 aromatic heterocycles. The van der Waals surface area contributed by atoms with E-state index in [2.05, 4.69) is 10.5 Å². The van der Waals surface area contributed by atoms with E-state index in [0.29, 0.717) is 16.3 Å². The van der Waals surface area contributed by atoms with E-state index < -0.39 is 10.0 Å². The highest BCUT2D eigenvalue weighted by Gasteiger charge is 2.18. The first-order valence-corrected chi connectivity index (χ1v) is 10.0. The van der Waals surface area contributed by atoms with Crippen molar-refractivity contribution in [1.82, 2.24) is 5.43 Å². The molecule has 2 aromatic rings. The largest absolute Gasteiger partial charge is 0.271 e. The number of hydrogen-bond acceptors (Lipinski definition) is 4. The summed E-state index contributed by atoms with van der Waals surface area (Å²) in [4.78, 5) is 12.0. The molecule has 0 saturated heterocycles. The molecule has 0 heterocycles. The van der Waals surface area contributed by atoms with Crippen LogP contribution in [-0.2, 0) is 16.6 Å². The van der Waals surface area contributed by atoms with Crippen molar-refractivity contribution in [2.24, 2.45) is 5.10 Å². The maximum atomic E-state index is 12.2. The van der Waals surface area contributed by atoms with Crippen molar-refractivity contribution in [3.63, 3.8) is 0 Å².